The summed E-state index contributed by atoms with van der Waals surface area (Å²) in [5.41, 5.74) is 1.82. The summed E-state index contributed by atoms with van der Waals surface area (Å²) in [4.78, 5) is 0. The zero-order chi connectivity index (χ0) is 14.9. The first-order valence-corrected chi connectivity index (χ1v) is 6.98. The van der Waals surface area contributed by atoms with Crippen LogP contribution < -0.4 is 0 Å². The molecule has 0 saturated carbocycles. The Morgan fingerprint density at radius 2 is 2.05 bits per heavy atom. The fourth-order valence-electron chi connectivity index (χ4n) is 2.16. The van der Waals surface area contributed by atoms with Gasteiger partial charge in [-0.05, 0) is 34.5 Å². The molecule has 3 nitrogen and oxygen atoms in total. The lowest BCUT2D eigenvalue weighted by atomic mass is 10.0. The number of halogens is 3. The molecule has 0 amide bonds. The van der Waals surface area contributed by atoms with Crippen LogP contribution in [0.3, 0.4) is 0 Å². The van der Waals surface area contributed by atoms with Crippen molar-refractivity contribution < 1.29 is 13.9 Å². The van der Waals surface area contributed by atoms with E-state index in [2.05, 4.69) is 21.0 Å². The SMILES string of the molecule is Cc1nn(C)c(CC(O)Cc2cccc(F)c2F)c1Br. The van der Waals surface area contributed by atoms with E-state index in [4.69, 9.17) is 0 Å². The van der Waals surface area contributed by atoms with Crippen molar-refractivity contribution >= 4 is 15.9 Å². The van der Waals surface area contributed by atoms with E-state index in [1.807, 2.05) is 6.92 Å². The van der Waals surface area contributed by atoms with Gasteiger partial charge < -0.3 is 5.11 Å². The van der Waals surface area contributed by atoms with E-state index in [1.165, 1.54) is 12.1 Å². The van der Waals surface area contributed by atoms with Gasteiger partial charge in [-0.25, -0.2) is 8.78 Å². The molecule has 6 heteroatoms. The van der Waals surface area contributed by atoms with Gasteiger partial charge in [-0.15, -0.1) is 0 Å². The van der Waals surface area contributed by atoms with Crippen LogP contribution >= 0.6 is 15.9 Å². The first-order valence-electron chi connectivity index (χ1n) is 6.19. The molecule has 1 aromatic heterocycles. The van der Waals surface area contributed by atoms with E-state index in [9.17, 15) is 13.9 Å². The summed E-state index contributed by atoms with van der Waals surface area (Å²) < 4.78 is 29.2. The molecule has 0 aliphatic rings. The number of rotatable bonds is 4. The Morgan fingerprint density at radius 3 is 2.65 bits per heavy atom. The maximum Gasteiger partial charge on any atom is 0.162 e. The second-order valence-corrected chi connectivity index (χ2v) is 5.54. The second-order valence-electron chi connectivity index (χ2n) is 4.74. The zero-order valence-electron chi connectivity index (χ0n) is 11.2. The molecule has 2 rings (SSSR count). The van der Waals surface area contributed by atoms with E-state index >= 15 is 0 Å². The number of aryl methyl sites for hydroxylation is 2. The van der Waals surface area contributed by atoms with Gasteiger partial charge in [0, 0.05) is 19.9 Å². The number of hydrogen-bond acceptors (Lipinski definition) is 2. The quantitative estimate of drug-likeness (QED) is 0.925. The van der Waals surface area contributed by atoms with E-state index < -0.39 is 17.7 Å². The predicted molar refractivity (Wildman–Crippen MR) is 75.4 cm³/mol. The predicted octanol–water partition coefficient (Wildman–Crippen LogP) is 2.92. The van der Waals surface area contributed by atoms with Crippen molar-refractivity contribution in [3.8, 4) is 0 Å². The van der Waals surface area contributed by atoms with Gasteiger partial charge in [0.2, 0.25) is 0 Å². The van der Waals surface area contributed by atoms with Crippen molar-refractivity contribution in [2.45, 2.75) is 25.9 Å². The zero-order valence-corrected chi connectivity index (χ0v) is 12.8. The third-order valence-electron chi connectivity index (χ3n) is 3.18. The molecule has 0 bridgehead atoms. The molecule has 0 radical (unpaired) electrons. The lowest BCUT2D eigenvalue weighted by Crippen LogP contribution is -2.17. The van der Waals surface area contributed by atoms with Crippen LogP contribution in [0, 0.1) is 18.6 Å². The lowest BCUT2D eigenvalue weighted by Gasteiger charge is -2.12. The average molecular weight is 345 g/mol. The molecule has 0 aliphatic carbocycles. The van der Waals surface area contributed by atoms with Crippen LogP contribution in [0.4, 0.5) is 8.78 Å². The van der Waals surface area contributed by atoms with Crippen molar-refractivity contribution in [3.63, 3.8) is 0 Å². The van der Waals surface area contributed by atoms with Gasteiger partial charge in [0.05, 0.1) is 22.0 Å². The van der Waals surface area contributed by atoms with Gasteiger partial charge in [-0.1, -0.05) is 12.1 Å². The number of aliphatic hydroxyl groups is 1. The van der Waals surface area contributed by atoms with Crippen molar-refractivity contribution in [1.82, 2.24) is 9.78 Å². The fraction of sp³-hybridized carbons (Fsp3) is 0.357. The molecule has 1 N–H and O–H groups in total. The smallest absolute Gasteiger partial charge is 0.162 e. The maximum atomic E-state index is 13.6. The summed E-state index contributed by atoms with van der Waals surface area (Å²) in [5.74, 6) is -1.79. The first-order chi connectivity index (χ1) is 9.40. The molecule has 0 spiro atoms. The monoisotopic (exact) mass is 344 g/mol. The van der Waals surface area contributed by atoms with Gasteiger partial charge in [0.25, 0.3) is 0 Å². The van der Waals surface area contributed by atoms with Crippen LogP contribution in [-0.4, -0.2) is 21.0 Å². The highest BCUT2D eigenvalue weighted by Gasteiger charge is 2.17. The summed E-state index contributed by atoms with van der Waals surface area (Å²) in [7, 11) is 1.78. The van der Waals surface area contributed by atoms with E-state index in [0.717, 1.165) is 21.9 Å². The van der Waals surface area contributed by atoms with Gasteiger partial charge in [-0.3, -0.25) is 4.68 Å². The second kappa shape index (κ2) is 6.01. The minimum atomic E-state index is -0.896. The summed E-state index contributed by atoms with van der Waals surface area (Å²) >= 11 is 3.41. The van der Waals surface area contributed by atoms with Crippen LogP contribution in [0.2, 0.25) is 0 Å². The highest BCUT2D eigenvalue weighted by atomic mass is 79.9. The van der Waals surface area contributed by atoms with Gasteiger partial charge >= 0.3 is 0 Å². The molecule has 1 aromatic carbocycles. The van der Waals surface area contributed by atoms with E-state index in [0.29, 0.717) is 6.42 Å². The normalized spacial score (nSPS) is 12.7. The molecule has 0 saturated heterocycles. The minimum absolute atomic E-state index is 0.0558. The summed E-state index contributed by atoms with van der Waals surface area (Å²) in [6, 6.07) is 3.97. The highest BCUT2D eigenvalue weighted by molar-refractivity contribution is 9.10. The van der Waals surface area contributed by atoms with Crippen LogP contribution in [-0.2, 0) is 19.9 Å². The third-order valence-corrected chi connectivity index (χ3v) is 4.21. The molecular weight excluding hydrogens is 330 g/mol. The Morgan fingerprint density at radius 1 is 1.35 bits per heavy atom. The molecule has 2 aromatic rings. The number of aromatic nitrogens is 2. The molecule has 0 fully saturated rings. The molecule has 1 unspecified atom stereocenters. The molecule has 1 heterocycles. The topological polar surface area (TPSA) is 38.0 Å². The highest BCUT2D eigenvalue weighted by Crippen LogP contribution is 2.22. The first kappa shape index (κ1) is 15.1. The van der Waals surface area contributed by atoms with Crippen LogP contribution in [0.15, 0.2) is 22.7 Å². The average Bonchev–Trinajstić information content (AvgIpc) is 2.62. The van der Waals surface area contributed by atoms with Crippen molar-refractivity contribution in [1.29, 1.82) is 0 Å². The van der Waals surface area contributed by atoms with Gasteiger partial charge in [0.15, 0.2) is 11.6 Å². The fourth-order valence-corrected chi connectivity index (χ4v) is 2.65. The van der Waals surface area contributed by atoms with E-state index in [1.54, 1.807) is 11.7 Å². The van der Waals surface area contributed by atoms with Crippen molar-refractivity contribution in [2.24, 2.45) is 7.05 Å². The van der Waals surface area contributed by atoms with Gasteiger partial charge in [-0.2, -0.15) is 5.10 Å². The standard InChI is InChI=1S/C14H15BrF2N2O/c1-8-13(15)12(19(2)18-8)7-10(20)6-9-4-3-5-11(16)14(9)17/h3-5,10,20H,6-7H2,1-2H3. The number of nitrogens with zero attached hydrogens (tertiary/aromatic N) is 2. The summed E-state index contributed by atoms with van der Waals surface area (Å²) in [6.45, 7) is 1.85. The largest absolute Gasteiger partial charge is 0.392 e. The van der Waals surface area contributed by atoms with Crippen molar-refractivity contribution in [3.05, 3.63) is 51.3 Å². The van der Waals surface area contributed by atoms with Crippen LogP contribution in [0.1, 0.15) is 17.0 Å². The Balaban J connectivity index is 2.13. The number of hydrogen-bond donors (Lipinski definition) is 1. The lowest BCUT2D eigenvalue weighted by molar-refractivity contribution is 0.171. The molecule has 1 atom stereocenters. The molecule has 0 aliphatic heterocycles. The van der Waals surface area contributed by atoms with Crippen LogP contribution in [0.25, 0.3) is 0 Å². The Labute approximate surface area is 124 Å². The number of benzene rings is 1. The summed E-state index contributed by atoms with van der Waals surface area (Å²) in [5, 5.41) is 14.3. The third kappa shape index (κ3) is 3.07. The van der Waals surface area contributed by atoms with Crippen LogP contribution in [0.5, 0.6) is 0 Å². The number of aliphatic hydroxyl groups excluding tert-OH is 1. The Kier molecular flexibility index (Phi) is 4.55. The van der Waals surface area contributed by atoms with Crippen molar-refractivity contribution in [2.75, 3.05) is 0 Å². The Hall–Kier alpha value is -1.27. The van der Waals surface area contributed by atoms with E-state index in [-0.39, 0.29) is 12.0 Å². The molecular formula is C14H15BrF2N2O. The van der Waals surface area contributed by atoms with Gasteiger partial charge in [0.1, 0.15) is 0 Å². The molecule has 108 valence electrons. The minimum Gasteiger partial charge on any atom is -0.392 e. The Bertz CT molecular complexity index is 628. The summed E-state index contributed by atoms with van der Waals surface area (Å²) in [6.07, 6.45) is -0.439. The maximum absolute atomic E-state index is 13.6. The molecule has 20 heavy (non-hydrogen) atoms.